The molecule has 0 unspecified atom stereocenters. The first-order valence-electron chi connectivity index (χ1n) is 3.70. The lowest BCUT2D eigenvalue weighted by Crippen LogP contribution is -2.04. The molecule has 0 saturated carbocycles. The van der Waals surface area contributed by atoms with Crippen LogP contribution in [0.3, 0.4) is 0 Å². The van der Waals surface area contributed by atoms with Gasteiger partial charge in [-0.05, 0) is 19.2 Å². The van der Waals surface area contributed by atoms with Crippen molar-refractivity contribution in [2.75, 3.05) is 13.6 Å². The first kappa shape index (κ1) is 9.78. The van der Waals surface area contributed by atoms with Crippen molar-refractivity contribution in [3.63, 3.8) is 0 Å². The van der Waals surface area contributed by atoms with Gasteiger partial charge >= 0.3 is 5.97 Å². The molecule has 3 nitrogen and oxygen atoms in total. The normalized spacial score (nSPS) is 9.00. The Kier molecular flexibility index (Phi) is 3.50. The summed E-state index contributed by atoms with van der Waals surface area (Å²) in [6.45, 7) is 0.611. The second-order valence-electron chi connectivity index (χ2n) is 2.30. The molecule has 68 valence electrons. The molecule has 1 aromatic heterocycles. The average Bonchev–Trinajstić information content (AvgIpc) is 2.53. The predicted octanol–water partition coefficient (Wildman–Crippen LogP) is 1.02. The Morgan fingerprint density at radius 1 is 1.69 bits per heavy atom. The van der Waals surface area contributed by atoms with E-state index in [1.165, 1.54) is 11.3 Å². The molecule has 2 N–H and O–H groups in total. The van der Waals surface area contributed by atoms with E-state index in [9.17, 15) is 4.79 Å². The molecule has 0 fully saturated rings. The maximum absolute atomic E-state index is 10.5. The summed E-state index contributed by atoms with van der Waals surface area (Å²) >= 11 is 1.19. The number of rotatable bonds is 2. The third kappa shape index (κ3) is 2.90. The lowest BCUT2D eigenvalue weighted by molar-refractivity contribution is 0.0702. The highest BCUT2D eigenvalue weighted by atomic mass is 32.1. The Bertz CT molecular complexity index is 359. The standard InChI is InChI=1S/C9H9NO2S/c1-10-6-2-3-7-4-5-8(13-7)9(11)12/h4-5,10H,6H2,1H3,(H,11,12). The first-order chi connectivity index (χ1) is 6.24. The van der Waals surface area contributed by atoms with Crippen LogP contribution in [0.5, 0.6) is 0 Å². The molecule has 0 amide bonds. The van der Waals surface area contributed by atoms with Crippen molar-refractivity contribution in [1.29, 1.82) is 0 Å². The molecule has 0 aromatic carbocycles. The Hall–Kier alpha value is -1.31. The van der Waals surface area contributed by atoms with Gasteiger partial charge < -0.3 is 10.4 Å². The van der Waals surface area contributed by atoms with Crippen LogP contribution in [0, 0.1) is 11.8 Å². The summed E-state index contributed by atoms with van der Waals surface area (Å²) in [6.07, 6.45) is 0. The minimum atomic E-state index is -0.897. The fraction of sp³-hybridized carbons (Fsp3) is 0.222. The van der Waals surface area contributed by atoms with Crippen molar-refractivity contribution >= 4 is 17.3 Å². The van der Waals surface area contributed by atoms with Gasteiger partial charge in [-0.2, -0.15) is 0 Å². The van der Waals surface area contributed by atoms with Crippen molar-refractivity contribution in [1.82, 2.24) is 5.32 Å². The molecule has 0 aliphatic rings. The molecule has 0 saturated heterocycles. The number of thiophene rings is 1. The number of hydrogen-bond donors (Lipinski definition) is 2. The van der Waals surface area contributed by atoms with Gasteiger partial charge in [0.2, 0.25) is 0 Å². The van der Waals surface area contributed by atoms with E-state index in [1.54, 1.807) is 12.1 Å². The molecule has 0 bridgehead atoms. The van der Waals surface area contributed by atoms with Crippen LogP contribution in [-0.2, 0) is 0 Å². The van der Waals surface area contributed by atoms with Gasteiger partial charge in [-0.15, -0.1) is 11.3 Å². The molecule has 0 aliphatic carbocycles. The number of aromatic carboxylic acids is 1. The number of carboxylic acid groups (broad SMARTS) is 1. The predicted molar refractivity (Wildman–Crippen MR) is 52.1 cm³/mol. The van der Waals surface area contributed by atoms with E-state index in [-0.39, 0.29) is 0 Å². The van der Waals surface area contributed by atoms with Gasteiger partial charge in [-0.1, -0.05) is 11.8 Å². The summed E-state index contributed by atoms with van der Waals surface area (Å²) in [4.78, 5) is 11.6. The highest BCUT2D eigenvalue weighted by Crippen LogP contribution is 2.14. The third-order valence-electron chi connectivity index (χ3n) is 1.29. The van der Waals surface area contributed by atoms with Gasteiger partial charge in [0.05, 0.1) is 11.4 Å². The molecule has 0 atom stereocenters. The summed E-state index contributed by atoms with van der Waals surface area (Å²) in [7, 11) is 1.81. The molecular formula is C9H9NO2S. The van der Waals surface area contributed by atoms with Gasteiger partial charge in [-0.3, -0.25) is 0 Å². The van der Waals surface area contributed by atoms with Gasteiger partial charge in [0.15, 0.2) is 0 Å². The summed E-state index contributed by atoms with van der Waals surface area (Å²) in [5, 5.41) is 11.5. The topological polar surface area (TPSA) is 49.3 Å². The molecule has 1 rings (SSSR count). The van der Waals surface area contributed by atoms with E-state index in [0.717, 1.165) is 4.88 Å². The minimum Gasteiger partial charge on any atom is -0.477 e. The van der Waals surface area contributed by atoms with Crippen molar-refractivity contribution < 1.29 is 9.90 Å². The summed E-state index contributed by atoms with van der Waals surface area (Å²) in [5.74, 6) is 4.83. The summed E-state index contributed by atoms with van der Waals surface area (Å²) in [6, 6.07) is 3.28. The van der Waals surface area contributed by atoms with Crippen molar-refractivity contribution in [3.8, 4) is 11.8 Å². The van der Waals surface area contributed by atoms with Gasteiger partial charge in [-0.25, -0.2) is 4.79 Å². The smallest absolute Gasteiger partial charge is 0.345 e. The zero-order valence-corrected chi connectivity index (χ0v) is 7.94. The fourth-order valence-electron chi connectivity index (χ4n) is 0.740. The summed E-state index contributed by atoms with van der Waals surface area (Å²) in [5.41, 5.74) is 0. The lowest BCUT2D eigenvalue weighted by Gasteiger charge is -1.82. The van der Waals surface area contributed by atoms with E-state index >= 15 is 0 Å². The average molecular weight is 195 g/mol. The summed E-state index contributed by atoms with van der Waals surface area (Å²) < 4.78 is 0. The number of carbonyl (C=O) groups is 1. The Morgan fingerprint density at radius 3 is 3.00 bits per heavy atom. The molecule has 13 heavy (non-hydrogen) atoms. The van der Waals surface area contributed by atoms with Gasteiger partial charge in [0, 0.05) is 0 Å². The molecule has 0 spiro atoms. The highest BCUT2D eigenvalue weighted by Gasteiger charge is 2.04. The molecule has 4 heteroatoms. The first-order valence-corrected chi connectivity index (χ1v) is 4.52. The molecule has 1 heterocycles. The van der Waals surface area contributed by atoms with Crippen LogP contribution >= 0.6 is 11.3 Å². The Labute approximate surface area is 80.4 Å². The largest absolute Gasteiger partial charge is 0.477 e. The zero-order chi connectivity index (χ0) is 9.68. The van der Waals surface area contributed by atoms with E-state index in [1.807, 2.05) is 7.05 Å². The van der Waals surface area contributed by atoms with Crippen LogP contribution in [0.2, 0.25) is 0 Å². The number of nitrogens with one attached hydrogen (secondary N) is 1. The highest BCUT2D eigenvalue weighted by molar-refractivity contribution is 7.14. The second kappa shape index (κ2) is 4.65. The van der Waals surface area contributed by atoms with E-state index in [2.05, 4.69) is 17.2 Å². The monoisotopic (exact) mass is 195 g/mol. The van der Waals surface area contributed by atoms with Gasteiger partial charge in [0.25, 0.3) is 0 Å². The quantitative estimate of drug-likeness (QED) is 0.693. The minimum absolute atomic E-state index is 0.328. The van der Waals surface area contributed by atoms with Crippen molar-refractivity contribution in [3.05, 3.63) is 21.9 Å². The molecular weight excluding hydrogens is 186 g/mol. The molecule has 0 radical (unpaired) electrons. The Morgan fingerprint density at radius 2 is 2.46 bits per heavy atom. The van der Waals surface area contributed by atoms with Crippen LogP contribution in [0.1, 0.15) is 14.5 Å². The van der Waals surface area contributed by atoms with Crippen LogP contribution in [0.25, 0.3) is 0 Å². The van der Waals surface area contributed by atoms with Gasteiger partial charge in [0.1, 0.15) is 4.88 Å². The maximum atomic E-state index is 10.5. The Balaban J connectivity index is 2.71. The number of carboxylic acids is 1. The second-order valence-corrected chi connectivity index (χ2v) is 3.38. The third-order valence-corrected chi connectivity index (χ3v) is 2.28. The van der Waals surface area contributed by atoms with Crippen molar-refractivity contribution in [2.45, 2.75) is 0 Å². The lowest BCUT2D eigenvalue weighted by atomic mass is 10.4. The van der Waals surface area contributed by atoms with Crippen molar-refractivity contribution in [2.24, 2.45) is 0 Å². The van der Waals surface area contributed by atoms with Crippen LogP contribution in [0.4, 0.5) is 0 Å². The van der Waals surface area contributed by atoms with Crippen LogP contribution < -0.4 is 5.32 Å². The van der Waals surface area contributed by atoms with E-state index in [4.69, 9.17) is 5.11 Å². The molecule has 0 aliphatic heterocycles. The van der Waals surface area contributed by atoms with Crippen LogP contribution in [-0.4, -0.2) is 24.7 Å². The maximum Gasteiger partial charge on any atom is 0.345 e. The fourth-order valence-corrected chi connectivity index (χ4v) is 1.46. The zero-order valence-electron chi connectivity index (χ0n) is 7.13. The van der Waals surface area contributed by atoms with Crippen LogP contribution in [0.15, 0.2) is 12.1 Å². The molecule has 1 aromatic rings. The number of hydrogen-bond acceptors (Lipinski definition) is 3. The SMILES string of the molecule is CNCC#Cc1ccc(C(=O)O)s1. The van der Waals surface area contributed by atoms with E-state index < -0.39 is 5.97 Å². The van der Waals surface area contributed by atoms with E-state index in [0.29, 0.717) is 11.4 Å².